The van der Waals surface area contributed by atoms with Crippen molar-refractivity contribution < 1.29 is 28.2 Å². The largest absolute Gasteiger partial charge is 0.490 e. The molecule has 3 rings (SSSR count). The first kappa shape index (κ1) is 20.8. The number of nitrogens with one attached hydrogen (secondary N) is 1. The Bertz CT molecular complexity index is 807. The fourth-order valence-electron chi connectivity index (χ4n) is 2.74. The molecule has 0 radical (unpaired) electrons. The smallest absolute Gasteiger partial charge is 0.475 e. The van der Waals surface area contributed by atoms with Crippen molar-refractivity contribution in [1.29, 1.82) is 5.26 Å². The van der Waals surface area contributed by atoms with Crippen LogP contribution in [0.1, 0.15) is 17.5 Å². The molecule has 27 heavy (non-hydrogen) atoms. The lowest BCUT2D eigenvalue weighted by Gasteiger charge is -2.17. The number of carbonyl (C=O) groups is 1. The maximum absolute atomic E-state index is 10.6. The minimum atomic E-state index is -5.08. The molecule has 1 aromatic rings. The Labute approximate surface area is 157 Å². The zero-order chi connectivity index (χ0) is 20.4. The Hall–Kier alpha value is -2.51. The molecule has 2 heterocycles. The van der Waals surface area contributed by atoms with E-state index in [0.717, 1.165) is 30.2 Å². The summed E-state index contributed by atoms with van der Waals surface area (Å²) >= 11 is 6.15. The van der Waals surface area contributed by atoms with Crippen molar-refractivity contribution in [2.45, 2.75) is 31.7 Å². The van der Waals surface area contributed by atoms with Gasteiger partial charge in [0.15, 0.2) is 5.96 Å². The van der Waals surface area contributed by atoms with Crippen LogP contribution in [0.3, 0.4) is 0 Å². The number of nitrogens with zero attached hydrogens (tertiary/aromatic N) is 3. The molecule has 0 saturated carbocycles. The first-order valence-corrected chi connectivity index (χ1v) is 8.20. The van der Waals surface area contributed by atoms with E-state index in [9.17, 15) is 18.3 Å². The second-order valence-electron chi connectivity index (χ2n) is 5.92. The number of fused-ring (bicyclic) bond motifs is 1. The molecule has 11 heteroatoms. The molecule has 2 aliphatic heterocycles. The third-order valence-corrected chi connectivity index (χ3v) is 4.69. The van der Waals surface area contributed by atoms with Gasteiger partial charge in [-0.2, -0.15) is 18.4 Å². The Balaban J connectivity index is 0.000000321. The van der Waals surface area contributed by atoms with Crippen molar-refractivity contribution in [3.05, 3.63) is 28.3 Å². The Kier molecular flexibility index (Phi) is 6.18. The van der Waals surface area contributed by atoms with Crippen LogP contribution in [-0.2, 0) is 4.79 Å². The van der Waals surface area contributed by atoms with Crippen molar-refractivity contribution in [3.63, 3.8) is 0 Å². The van der Waals surface area contributed by atoms with E-state index in [0.29, 0.717) is 17.1 Å². The summed E-state index contributed by atoms with van der Waals surface area (Å²) < 4.78 is 31.7. The lowest BCUT2D eigenvalue weighted by atomic mass is 10.1. The third-order valence-electron chi connectivity index (χ3n) is 4.20. The zero-order valence-electron chi connectivity index (χ0n) is 14.1. The molecule has 146 valence electrons. The normalized spacial score (nSPS) is 22.6. The maximum atomic E-state index is 10.6. The molecular weight excluding hydrogens is 389 g/mol. The molecule has 2 saturated heterocycles. The van der Waals surface area contributed by atoms with Crippen molar-refractivity contribution in [1.82, 2.24) is 10.2 Å². The van der Waals surface area contributed by atoms with Gasteiger partial charge in [0.1, 0.15) is 6.07 Å². The van der Waals surface area contributed by atoms with Gasteiger partial charge < -0.3 is 20.4 Å². The fourth-order valence-corrected chi connectivity index (χ4v) is 2.95. The molecule has 0 aromatic heterocycles. The number of hydrogen-bond donors (Lipinski definition) is 3. The number of alkyl halides is 3. The number of benzene rings is 1. The van der Waals surface area contributed by atoms with Crippen LogP contribution >= 0.6 is 11.6 Å². The van der Waals surface area contributed by atoms with E-state index in [-0.39, 0.29) is 12.1 Å². The van der Waals surface area contributed by atoms with Gasteiger partial charge in [0, 0.05) is 13.1 Å². The van der Waals surface area contributed by atoms with Crippen molar-refractivity contribution in [2.75, 3.05) is 13.1 Å². The van der Waals surface area contributed by atoms with Gasteiger partial charge in [-0.25, -0.2) is 9.79 Å². The van der Waals surface area contributed by atoms with E-state index >= 15 is 0 Å². The molecule has 0 bridgehead atoms. The number of aliphatic imine (C=N–C) groups is 1. The van der Waals surface area contributed by atoms with Gasteiger partial charge in [-0.05, 0) is 31.0 Å². The minimum Gasteiger partial charge on any atom is -0.475 e. The second kappa shape index (κ2) is 8.02. The van der Waals surface area contributed by atoms with Crippen LogP contribution in [0.25, 0.3) is 0 Å². The lowest BCUT2D eigenvalue weighted by Crippen LogP contribution is -2.33. The molecular formula is C16H16ClF3N4O3. The van der Waals surface area contributed by atoms with Crippen LogP contribution in [0.4, 0.5) is 18.9 Å². The van der Waals surface area contributed by atoms with E-state index in [1.54, 1.807) is 12.1 Å². The number of aliphatic hydroxyl groups excluding tert-OH is 1. The number of halogens is 4. The number of hydrogen-bond acceptors (Lipinski definition) is 4. The second-order valence-corrected chi connectivity index (χ2v) is 6.30. The quantitative estimate of drug-likeness (QED) is 0.662. The number of carboxylic acids is 1. The highest BCUT2D eigenvalue weighted by molar-refractivity contribution is 6.32. The first-order valence-electron chi connectivity index (χ1n) is 7.82. The molecule has 1 aromatic carbocycles. The van der Waals surface area contributed by atoms with E-state index in [1.165, 1.54) is 0 Å². The highest BCUT2D eigenvalue weighted by Gasteiger charge is 2.39. The number of carboxylic acid groups (broad SMARTS) is 1. The van der Waals surface area contributed by atoms with Crippen LogP contribution in [0.15, 0.2) is 17.1 Å². The predicted octanol–water partition coefficient (Wildman–Crippen LogP) is 2.18. The van der Waals surface area contributed by atoms with E-state index in [2.05, 4.69) is 21.3 Å². The average Bonchev–Trinajstić information content (AvgIpc) is 3.15. The van der Waals surface area contributed by atoms with E-state index in [1.807, 2.05) is 6.92 Å². The zero-order valence-corrected chi connectivity index (χ0v) is 14.8. The van der Waals surface area contributed by atoms with Crippen LogP contribution in [0.5, 0.6) is 0 Å². The molecule has 7 nitrogen and oxygen atoms in total. The van der Waals surface area contributed by atoms with E-state index < -0.39 is 12.1 Å². The van der Waals surface area contributed by atoms with Gasteiger partial charge in [-0.1, -0.05) is 11.6 Å². The third kappa shape index (κ3) is 4.61. The first-order chi connectivity index (χ1) is 12.6. The van der Waals surface area contributed by atoms with Gasteiger partial charge in [0.25, 0.3) is 0 Å². The number of nitriles is 1. The monoisotopic (exact) mass is 404 g/mol. The highest BCUT2D eigenvalue weighted by atomic mass is 35.5. The summed E-state index contributed by atoms with van der Waals surface area (Å²) in [5, 5.41) is 29.6. The molecule has 0 spiro atoms. The predicted molar refractivity (Wildman–Crippen MR) is 90.8 cm³/mol. The number of guanidine groups is 1. The van der Waals surface area contributed by atoms with Gasteiger partial charge >= 0.3 is 12.1 Å². The number of rotatable bonds is 1. The summed E-state index contributed by atoms with van der Waals surface area (Å²) in [5.41, 5.74) is 2.00. The van der Waals surface area contributed by atoms with Gasteiger partial charge in [-0.15, -0.1) is 0 Å². The summed E-state index contributed by atoms with van der Waals surface area (Å²) in [7, 11) is 0. The summed E-state index contributed by atoms with van der Waals surface area (Å²) in [6.07, 6.45) is -4.60. The van der Waals surface area contributed by atoms with Crippen LogP contribution < -0.4 is 5.32 Å². The standard InChI is InChI=1S/C14H15ClN4O.C2HF3O2/c1-8-10(3-2-9(6-16)13(8)15)18-14-17-7-11-12(20)4-5-19(11)14;3-2(4,5)1(6)7/h2-3,11-12,20H,4-5,7H2,1H3,(H,17,18);(H,6,7)/t11-,12-;/m1./s1. The molecule has 2 atom stereocenters. The molecule has 0 amide bonds. The Morgan fingerprint density at radius 2 is 2.11 bits per heavy atom. The highest BCUT2D eigenvalue weighted by Crippen LogP contribution is 2.30. The van der Waals surface area contributed by atoms with Crippen molar-refractivity contribution >= 4 is 29.2 Å². The SMILES string of the molecule is Cc1c(/N=C2/NC[C@@H]3[C@H](O)CCN23)ccc(C#N)c1Cl.O=C(O)C(F)(F)F. The summed E-state index contributed by atoms with van der Waals surface area (Å²) in [6.45, 7) is 3.37. The fraction of sp³-hybridized carbons (Fsp3) is 0.438. The topological polar surface area (TPSA) is 109 Å². The molecule has 3 N–H and O–H groups in total. The Morgan fingerprint density at radius 1 is 1.48 bits per heavy atom. The summed E-state index contributed by atoms with van der Waals surface area (Å²) in [5.74, 6) is -1.98. The number of aliphatic carboxylic acids is 1. The number of aliphatic hydroxyl groups is 1. The van der Waals surface area contributed by atoms with E-state index in [4.69, 9.17) is 26.8 Å². The molecule has 0 unspecified atom stereocenters. The van der Waals surface area contributed by atoms with Crippen LogP contribution in [0.2, 0.25) is 5.02 Å². The van der Waals surface area contributed by atoms with Crippen LogP contribution in [0, 0.1) is 18.3 Å². The Morgan fingerprint density at radius 3 is 2.67 bits per heavy atom. The molecule has 2 aliphatic rings. The average molecular weight is 405 g/mol. The molecule has 0 aliphatic carbocycles. The summed E-state index contributed by atoms with van der Waals surface area (Å²) in [6, 6.07) is 5.65. The summed E-state index contributed by atoms with van der Waals surface area (Å²) in [4.78, 5) is 15.6. The minimum absolute atomic E-state index is 0.114. The lowest BCUT2D eigenvalue weighted by molar-refractivity contribution is -0.192. The molecule has 2 fully saturated rings. The van der Waals surface area contributed by atoms with Crippen molar-refractivity contribution in [2.24, 2.45) is 4.99 Å². The van der Waals surface area contributed by atoms with Crippen LogP contribution in [-0.4, -0.2) is 58.5 Å². The van der Waals surface area contributed by atoms with Gasteiger partial charge in [0.2, 0.25) is 0 Å². The van der Waals surface area contributed by atoms with Crippen molar-refractivity contribution in [3.8, 4) is 6.07 Å². The van der Waals surface area contributed by atoms with Gasteiger partial charge in [0.05, 0.1) is 28.4 Å². The van der Waals surface area contributed by atoms with Gasteiger partial charge in [-0.3, -0.25) is 0 Å². The maximum Gasteiger partial charge on any atom is 0.490 e.